The molecule has 0 spiro atoms. The van der Waals surface area contributed by atoms with Gasteiger partial charge in [0, 0.05) is 43.2 Å². The second-order valence-electron chi connectivity index (χ2n) is 9.76. The van der Waals surface area contributed by atoms with Crippen LogP contribution in [0.25, 0.3) is 16.0 Å². The predicted molar refractivity (Wildman–Crippen MR) is 137 cm³/mol. The molecule has 1 N–H and O–H groups in total. The van der Waals surface area contributed by atoms with E-state index in [4.69, 9.17) is 4.74 Å². The first-order valence-electron chi connectivity index (χ1n) is 12.2. The van der Waals surface area contributed by atoms with Gasteiger partial charge in [-0.1, -0.05) is 25.2 Å². The van der Waals surface area contributed by atoms with Crippen LogP contribution < -0.4 is 9.62 Å². The molecule has 0 aliphatic carbocycles. The maximum Gasteiger partial charge on any atom is 0.291 e. The van der Waals surface area contributed by atoms with Crippen LogP contribution in [0.2, 0.25) is 0 Å². The minimum Gasteiger partial charge on any atom is -0.372 e. The molecule has 16 heteroatoms. The zero-order valence-electron chi connectivity index (χ0n) is 21.3. The number of fused-ring (bicyclic) bond motifs is 1. The number of alkyl halides is 2. The molecule has 1 amide bonds. The Bertz CT molecular complexity index is 1560. The largest absolute Gasteiger partial charge is 0.372 e. The fraction of sp³-hybridized carbons (Fsp3) is 0.522. The molecule has 12 nitrogen and oxygen atoms in total. The Balaban J connectivity index is 1.58. The lowest BCUT2D eigenvalue weighted by molar-refractivity contribution is -0.134. The number of rotatable bonds is 7. The van der Waals surface area contributed by atoms with Crippen molar-refractivity contribution in [3.63, 3.8) is 0 Å². The highest BCUT2D eigenvalue weighted by Gasteiger charge is 2.49. The van der Waals surface area contributed by atoms with Gasteiger partial charge < -0.3 is 14.5 Å². The number of nitriles is 1. The summed E-state index contributed by atoms with van der Waals surface area (Å²) in [5.74, 6) is -0.103. The molecule has 1 aromatic carbocycles. The van der Waals surface area contributed by atoms with Crippen LogP contribution in [0.5, 0.6) is 0 Å². The molecular weight excluding hydrogens is 554 g/mol. The highest BCUT2D eigenvalue weighted by molar-refractivity contribution is 7.89. The van der Waals surface area contributed by atoms with E-state index in [-0.39, 0.29) is 28.5 Å². The van der Waals surface area contributed by atoms with Gasteiger partial charge in [-0.2, -0.15) is 15.1 Å². The SMILES string of the molecule is CC(C)C(=O)N1CCN(c2cc(S(=O)(=O)NC3(C#N)COC3C)cc3c2cnn3-c2nnc(C(F)F)s2)CC1. The van der Waals surface area contributed by atoms with Crippen molar-refractivity contribution < 1.29 is 26.7 Å². The minimum absolute atomic E-state index is 0.0397. The number of nitrogens with zero attached hydrogens (tertiary/aromatic N) is 7. The minimum atomic E-state index is -4.23. The van der Waals surface area contributed by atoms with E-state index in [9.17, 15) is 27.3 Å². The molecule has 5 rings (SSSR count). The number of amides is 1. The molecule has 39 heavy (non-hydrogen) atoms. The summed E-state index contributed by atoms with van der Waals surface area (Å²) in [6.45, 7) is 6.96. The standard InChI is InChI=1S/C23H26F2N8O4S2/c1-13(2)21(34)32-6-4-31(5-7-32)17-8-15(39(35,36)30-23(11-26)12-37-14(23)3)9-18-16(17)10-27-33(18)22-29-28-20(38-22)19(24)25/h8-10,13-14,19,30H,4-7,12H2,1-3H3. The van der Waals surface area contributed by atoms with Crippen molar-refractivity contribution in [1.82, 2.24) is 29.6 Å². The molecule has 0 saturated carbocycles. The Hall–Kier alpha value is -3.26. The Morgan fingerprint density at radius 2 is 1.97 bits per heavy atom. The summed E-state index contributed by atoms with van der Waals surface area (Å²) >= 11 is 0.647. The third-order valence-corrected chi connectivity index (χ3v) is 9.34. The number of carbonyl (C=O) groups is 1. The van der Waals surface area contributed by atoms with E-state index in [2.05, 4.69) is 20.0 Å². The lowest BCUT2D eigenvalue weighted by Gasteiger charge is -2.42. The van der Waals surface area contributed by atoms with Gasteiger partial charge in [-0.05, 0) is 19.1 Å². The first kappa shape index (κ1) is 27.3. The topological polar surface area (TPSA) is 146 Å². The summed E-state index contributed by atoms with van der Waals surface area (Å²) < 4.78 is 62.5. The Morgan fingerprint density at radius 1 is 1.26 bits per heavy atom. The van der Waals surface area contributed by atoms with Crippen molar-refractivity contribution in [2.75, 3.05) is 37.7 Å². The lowest BCUT2D eigenvalue weighted by Crippen LogP contribution is -2.66. The molecule has 3 aromatic rings. The van der Waals surface area contributed by atoms with E-state index in [0.717, 1.165) is 0 Å². The monoisotopic (exact) mass is 580 g/mol. The van der Waals surface area contributed by atoms with E-state index in [1.165, 1.54) is 23.0 Å². The van der Waals surface area contributed by atoms with Crippen LogP contribution in [0.4, 0.5) is 14.5 Å². The summed E-state index contributed by atoms with van der Waals surface area (Å²) in [4.78, 5) is 16.1. The number of piperazine rings is 1. The van der Waals surface area contributed by atoms with Crippen LogP contribution >= 0.6 is 11.3 Å². The molecule has 0 bridgehead atoms. The van der Waals surface area contributed by atoms with Crippen LogP contribution in [-0.4, -0.2) is 83.6 Å². The van der Waals surface area contributed by atoms with Crippen molar-refractivity contribution in [3.8, 4) is 11.2 Å². The highest BCUT2D eigenvalue weighted by Crippen LogP contribution is 2.35. The van der Waals surface area contributed by atoms with Crippen molar-refractivity contribution >= 4 is 43.9 Å². The van der Waals surface area contributed by atoms with Crippen LogP contribution in [0, 0.1) is 17.2 Å². The van der Waals surface area contributed by atoms with Crippen LogP contribution in [0.15, 0.2) is 23.2 Å². The second kappa shape index (κ2) is 10.0. The second-order valence-corrected chi connectivity index (χ2v) is 12.4. The molecule has 4 heterocycles. The molecule has 208 valence electrons. The number of nitrogens with one attached hydrogen (secondary N) is 1. The molecule has 2 aromatic heterocycles. The van der Waals surface area contributed by atoms with E-state index in [0.29, 0.717) is 54.1 Å². The van der Waals surface area contributed by atoms with Gasteiger partial charge in [-0.3, -0.25) is 4.79 Å². The van der Waals surface area contributed by atoms with Gasteiger partial charge in [0.25, 0.3) is 6.43 Å². The smallest absolute Gasteiger partial charge is 0.291 e. The molecule has 2 atom stereocenters. The highest BCUT2D eigenvalue weighted by atomic mass is 32.2. The zero-order valence-corrected chi connectivity index (χ0v) is 23.0. The molecule has 2 aliphatic rings. The van der Waals surface area contributed by atoms with Crippen LogP contribution in [0.1, 0.15) is 32.2 Å². The average molecular weight is 581 g/mol. The van der Waals surface area contributed by atoms with Gasteiger partial charge >= 0.3 is 0 Å². The first-order valence-corrected chi connectivity index (χ1v) is 14.5. The van der Waals surface area contributed by atoms with E-state index < -0.39 is 33.1 Å². The summed E-state index contributed by atoms with van der Waals surface area (Å²) in [6.07, 6.45) is -1.94. The Kier molecular flexibility index (Phi) is 7.04. The van der Waals surface area contributed by atoms with Crippen LogP contribution in [-0.2, 0) is 19.6 Å². The maximum absolute atomic E-state index is 13.6. The number of carbonyl (C=O) groups excluding carboxylic acids is 1. The molecule has 2 fully saturated rings. The summed E-state index contributed by atoms with van der Waals surface area (Å²) in [6, 6.07) is 4.87. The lowest BCUT2D eigenvalue weighted by atomic mass is 9.92. The van der Waals surface area contributed by atoms with Gasteiger partial charge in [0.2, 0.25) is 21.1 Å². The van der Waals surface area contributed by atoms with Gasteiger partial charge in [0.15, 0.2) is 10.5 Å². The molecule has 0 radical (unpaired) electrons. The normalized spacial score (nSPS) is 21.9. The van der Waals surface area contributed by atoms with Gasteiger partial charge in [-0.25, -0.2) is 21.9 Å². The average Bonchev–Trinajstić information content (AvgIpc) is 3.57. The molecule has 2 aliphatic heterocycles. The number of ether oxygens (including phenoxy) is 1. The number of hydrogen-bond acceptors (Lipinski definition) is 10. The Morgan fingerprint density at radius 3 is 2.51 bits per heavy atom. The van der Waals surface area contributed by atoms with Gasteiger partial charge in [0.1, 0.15) is 0 Å². The third kappa shape index (κ3) is 4.84. The number of hydrogen-bond donors (Lipinski definition) is 1. The van der Waals surface area contributed by atoms with E-state index in [1.807, 2.05) is 24.8 Å². The fourth-order valence-corrected chi connectivity index (χ4v) is 6.63. The summed E-state index contributed by atoms with van der Waals surface area (Å²) in [5.41, 5.74) is -0.560. The number of aromatic nitrogens is 4. The van der Waals surface area contributed by atoms with E-state index in [1.54, 1.807) is 11.8 Å². The molecule has 2 saturated heterocycles. The number of sulfonamides is 1. The maximum atomic E-state index is 13.6. The number of anilines is 1. The van der Waals surface area contributed by atoms with E-state index >= 15 is 0 Å². The van der Waals surface area contributed by atoms with Crippen molar-refractivity contribution in [2.24, 2.45) is 5.92 Å². The number of halogens is 2. The zero-order chi connectivity index (χ0) is 28.1. The van der Waals surface area contributed by atoms with Gasteiger partial charge in [0.05, 0.1) is 35.4 Å². The van der Waals surface area contributed by atoms with Crippen molar-refractivity contribution in [1.29, 1.82) is 5.26 Å². The fourth-order valence-electron chi connectivity index (χ4n) is 4.56. The van der Waals surface area contributed by atoms with Gasteiger partial charge in [-0.15, -0.1) is 10.2 Å². The summed E-state index contributed by atoms with van der Waals surface area (Å²) in [7, 11) is -4.23. The third-order valence-electron chi connectivity index (χ3n) is 6.95. The molecule has 2 unspecified atom stereocenters. The Labute approximate surface area is 227 Å². The predicted octanol–water partition coefficient (Wildman–Crippen LogP) is 2.08. The molecular formula is C23H26F2N8O4S2. The summed E-state index contributed by atoms with van der Waals surface area (Å²) in [5, 5.41) is 21.5. The van der Waals surface area contributed by atoms with Crippen molar-refractivity contribution in [3.05, 3.63) is 23.3 Å². The number of benzene rings is 1. The quantitative estimate of drug-likeness (QED) is 0.444. The first-order chi connectivity index (χ1) is 18.5. The van der Waals surface area contributed by atoms with Crippen LogP contribution in [0.3, 0.4) is 0 Å². The van der Waals surface area contributed by atoms with Crippen molar-refractivity contribution in [2.45, 2.75) is 43.7 Å².